The molecule has 0 saturated heterocycles. The van der Waals surface area contributed by atoms with E-state index in [1.807, 2.05) is 18.2 Å². The van der Waals surface area contributed by atoms with E-state index in [0.29, 0.717) is 18.1 Å². The van der Waals surface area contributed by atoms with Crippen LogP contribution in [0.4, 0.5) is 17.2 Å². The predicted molar refractivity (Wildman–Crippen MR) is 78.7 cm³/mol. The highest BCUT2D eigenvalue weighted by Crippen LogP contribution is 2.42. The lowest BCUT2D eigenvalue weighted by atomic mass is 10.0. The molecule has 1 aromatic carbocycles. The first-order valence-corrected chi connectivity index (χ1v) is 6.74. The highest BCUT2D eigenvalue weighted by molar-refractivity contribution is 7.99. The molecule has 3 rings (SSSR count). The average molecular weight is 273 g/mol. The molecule has 1 aliphatic rings. The lowest BCUT2D eigenvalue weighted by Gasteiger charge is -2.22. The van der Waals surface area contributed by atoms with Gasteiger partial charge in [0.05, 0.1) is 0 Å². The fraction of sp³-hybridized carbons (Fsp3) is 0.154. The van der Waals surface area contributed by atoms with Crippen LogP contribution in [-0.2, 0) is 13.0 Å². The van der Waals surface area contributed by atoms with E-state index in [1.54, 1.807) is 11.8 Å². The maximum absolute atomic E-state index is 6.17. The molecule has 0 spiro atoms. The van der Waals surface area contributed by atoms with Crippen molar-refractivity contribution in [3.05, 3.63) is 34.9 Å². The van der Waals surface area contributed by atoms with Crippen LogP contribution in [-0.4, -0.2) is 4.98 Å². The average Bonchev–Trinajstić information content (AvgIpc) is 2.38. The number of nitrogen functional groups attached to an aromatic ring is 3. The van der Waals surface area contributed by atoms with Crippen LogP contribution in [0.15, 0.2) is 28.1 Å². The van der Waals surface area contributed by atoms with Crippen molar-refractivity contribution in [1.29, 1.82) is 0 Å². The fourth-order valence-electron chi connectivity index (χ4n) is 2.28. The summed E-state index contributed by atoms with van der Waals surface area (Å²) in [5.74, 6) is 0.421. The standard InChI is InChI=1S/C13H15N5S/c14-5-9-11(16)8-4-6-3-7(15)1-2-10(6)19-13(8)18-12(9)17/h1-3H,4-5,14-15H2,(H4,16,17,18). The van der Waals surface area contributed by atoms with Gasteiger partial charge < -0.3 is 22.9 Å². The van der Waals surface area contributed by atoms with Gasteiger partial charge in [-0.2, -0.15) is 0 Å². The van der Waals surface area contributed by atoms with Gasteiger partial charge in [-0.05, 0) is 23.8 Å². The molecule has 0 fully saturated rings. The molecule has 0 radical (unpaired) electrons. The zero-order valence-electron chi connectivity index (χ0n) is 10.3. The number of nitrogens with two attached hydrogens (primary N) is 4. The number of anilines is 3. The van der Waals surface area contributed by atoms with Crippen LogP contribution in [0.25, 0.3) is 0 Å². The Hall–Kier alpha value is -1.92. The monoisotopic (exact) mass is 273 g/mol. The van der Waals surface area contributed by atoms with E-state index in [4.69, 9.17) is 22.9 Å². The highest BCUT2D eigenvalue weighted by atomic mass is 32.2. The summed E-state index contributed by atoms with van der Waals surface area (Å²) in [6, 6.07) is 5.87. The molecule has 1 aromatic heterocycles. The molecule has 8 N–H and O–H groups in total. The minimum Gasteiger partial charge on any atom is -0.399 e. The second-order valence-corrected chi connectivity index (χ2v) is 5.55. The molecule has 6 heteroatoms. The first kappa shape index (κ1) is 12.1. The highest BCUT2D eigenvalue weighted by Gasteiger charge is 2.22. The number of hydrogen-bond acceptors (Lipinski definition) is 6. The van der Waals surface area contributed by atoms with Crippen molar-refractivity contribution in [2.45, 2.75) is 22.9 Å². The van der Waals surface area contributed by atoms with Gasteiger partial charge in [0.1, 0.15) is 10.8 Å². The molecule has 2 aromatic rings. The molecule has 1 aliphatic heterocycles. The van der Waals surface area contributed by atoms with E-state index in [1.165, 1.54) is 5.56 Å². The van der Waals surface area contributed by atoms with Gasteiger partial charge in [-0.25, -0.2) is 4.98 Å². The molecule has 2 heterocycles. The van der Waals surface area contributed by atoms with Gasteiger partial charge in [0.2, 0.25) is 0 Å². The summed E-state index contributed by atoms with van der Waals surface area (Å²) in [5, 5.41) is 0.865. The smallest absolute Gasteiger partial charge is 0.131 e. The fourth-order valence-corrected chi connectivity index (χ4v) is 3.34. The van der Waals surface area contributed by atoms with Crippen LogP contribution in [0.1, 0.15) is 16.7 Å². The quantitative estimate of drug-likeness (QED) is 0.497. The molecule has 0 atom stereocenters. The van der Waals surface area contributed by atoms with Crippen LogP contribution in [0.2, 0.25) is 0 Å². The molecule has 0 aliphatic carbocycles. The molecule has 0 unspecified atom stereocenters. The summed E-state index contributed by atoms with van der Waals surface area (Å²) in [5.41, 5.74) is 27.9. The lowest BCUT2D eigenvalue weighted by Crippen LogP contribution is -2.14. The molecule has 0 saturated carbocycles. The van der Waals surface area contributed by atoms with Crippen molar-refractivity contribution >= 4 is 29.0 Å². The summed E-state index contributed by atoms with van der Waals surface area (Å²) in [4.78, 5) is 5.56. The summed E-state index contributed by atoms with van der Waals surface area (Å²) >= 11 is 1.57. The Morgan fingerprint density at radius 1 is 1.21 bits per heavy atom. The third kappa shape index (κ3) is 1.89. The molecule has 5 nitrogen and oxygen atoms in total. The largest absolute Gasteiger partial charge is 0.399 e. The van der Waals surface area contributed by atoms with Crippen LogP contribution < -0.4 is 22.9 Å². The maximum atomic E-state index is 6.17. The van der Waals surface area contributed by atoms with Crippen molar-refractivity contribution in [2.24, 2.45) is 5.73 Å². The number of aromatic nitrogens is 1. The van der Waals surface area contributed by atoms with Gasteiger partial charge in [0.25, 0.3) is 0 Å². The van der Waals surface area contributed by atoms with E-state index in [0.717, 1.165) is 33.2 Å². The molecule has 19 heavy (non-hydrogen) atoms. The predicted octanol–water partition coefficient (Wildman–Crippen LogP) is 1.34. The Bertz CT molecular complexity index is 669. The molecule has 0 bridgehead atoms. The van der Waals surface area contributed by atoms with Gasteiger partial charge >= 0.3 is 0 Å². The van der Waals surface area contributed by atoms with Gasteiger partial charge in [-0.1, -0.05) is 11.8 Å². The van der Waals surface area contributed by atoms with Gasteiger partial charge in [-0.15, -0.1) is 0 Å². The number of nitrogens with zero attached hydrogens (tertiary/aromatic N) is 1. The van der Waals surface area contributed by atoms with Crippen LogP contribution in [0.5, 0.6) is 0 Å². The number of rotatable bonds is 1. The summed E-state index contributed by atoms with van der Waals surface area (Å²) in [7, 11) is 0. The minimum absolute atomic E-state index is 0.298. The molecular formula is C13H15N5S. The topological polar surface area (TPSA) is 117 Å². The molecule has 0 amide bonds. The van der Waals surface area contributed by atoms with Crippen molar-refractivity contribution in [3.63, 3.8) is 0 Å². The number of benzene rings is 1. The van der Waals surface area contributed by atoms with Crippen LogP contribution in [0, 0.1) is 0 Å². The van der Waals surface area contributed by atoms with Gasteiger partial charge in [-0.3, -0.25) is 0 Å². The Morgan fingerprint density at radius 2 is 2.00 bits per heavy atom. The van der Waals surface area contributed by atoms with E-state index in [-0.39, 0.29) is 0 Å². The van der Waals surface area contributed by atoms with E-state index >= 15 is 0 Å². The van der Waals surface area contributed by atoms with Crippen LogP contribution >= 0.6 is 11.8 Å². The Balaban J connectivity index is 2.15. The summed E-state index contributed by atoms with van der Waals surface area (Å²) < 4.78 is 0. The van der Waals surface area contributed by atoms with Crippen molar-refractivity contribution in [2.75, 3.05) is 17.2 Å². The minimum atomic E-state index is 0.298. The first-order chi connectivity index (χ1) is 9.10. The van der Waals surface area contributed by atoms with Gasteiger partial charge in [0, 0.05) is 40.4 Å². The summed E-state index contributed by atoms with van der Waals surface area (Å²) in [6.45, 7) is 0.298. The maximum Gasteiger partial charge on any atom is 0.131 e. The Morgan fingerprint density at radius 3 is 2.74 bits per heavy atom. The summed E-state index contributed by atoms with van der Waals surface area (Å²) in [6.07, 6.45) is 0.717. The van der Waals surface area contributed by atoms with Crippen molar-refractivity contribution < 1.29 is 0 Å². The Labute approximate surface area is 115 Å². The third-order valence-electron chi connectivity index (χ3n) is 3.30. The normalized spacial score (nSPS) is 12.9. The van der Waals surface area contributed by atoms with Crippen molar-refractivity contribution in [1.82, 2.24) is 4.98 Å². The lowest BCUT2D eigenvalue weighted by molar-refractivity contribution is 0.952. The van der Waals surface area contributed by atoms with Gasteiger partial charge in [0.15, 0.2) is 0 Å². The zero-order valence-corrected chi connectivity index (χ0v) is 11.1. The number of hydrogen-bond donors (Lipinski definition) is 4. The molecular weight excluding hydrogens is 258 g/mol. The SMILES string of the molecule is NCc1c(N)nc2c(c1N)Cc1cc(N)ccc1S2. The molecule has 98 valence electrons. The van der Waals surface area contributed by atoms with Crippen LogP contribution in [0.3, 0.4) is 0 Å². The van der Waals surface area contributed by atoms with E-state index in [9.17, 15) is 0 Å². The van der Waals surface area contributed by atoms with Crippen molar-refractivity contribution in [3.8, 4) is 0 Å². The number of pyridine rings is 1. The zero-order chi connectivity index (χ0) is 13.6. The Kier molecular flexibility index (Phi) is 2.76. The second-order valence-electron chi connectivity index (χ2n) is 4.52. The van der Waals surface area contributed by atoms with E-state index < -0.39 is 0 Å². The van der Waals surface area contributed by atoms with E-state index in [2.05, 4.69) is 4.98 Å². The first-order valence-electron chi connectivity index (χ1n) is 5.93. The number of fused-ring (bicyclic) bond motifs is 2. The second kappa shape index (κ2) is 4.32. The third-order valence-corrected chi connectivity index (χ3v) is 4.45.